The molecule has 1 aliphatic heterocycles. The highest BCUT2D eigenvalue weighted by Gasteiger charge is 2.17. The number of halogens is 1. The van der Waals surface area contributed by atoms with Crippen molar-refractivity contribution < 1.29 is 0 Å². The van der Waals surface area contributed by atoms with Gasteiger partial charge in [0.2, 0.25) is 0 Å². The predicted octanol–water partition coefficient (Wildman–Crippen LogP) is 3.40. The van der Waals surface area contributed by atoms with E-state index in [-0.39, 0.29) is 0 Å². The molecular formula is C18H20ClN3S. The Kier molecular flexibility index (Phi) is 5.03. The van der Waals surface area contributed by atoms with Crippen LogP contribution >= 0.6 is 23.8 Å². The van der Waals surface area contributed by atoms with Crippen LogP contribution in [0.5, 0.6) is 0 Å². The van der Waals surface area contributed by atoms with E-state index in [4.69, 9.17) is 29.6 Å². The molecule has 0 unspecified atom stereocenters. The maximum absolute atomic E-state index is 5.98. The van der Waals surface area contributed by atoms with E-state index in [0.717, 1.165) is 48.8 Å². The highest BCUT2D eigenvalue weighted by atomic mass is 35.5. The molecule has 0 radical (unpaired) electrons. The Bertz CT molecular complexity index is 717. The van der Waals surface area contributed by atoms with E-state index in [1.807, 2.05) is 12.1 Å². The lowest BCUT2D eigenvalue weighted by Crippen LogP contribution is -2.43. The molecule has 0 atom stereocenters. The van der Waals surface area contributed by atoms with E-state index in [9.17, 15) is 0 Å². The maximum atomic E-state index is 5.98. The van der Waals surface area contributed by atoms with Crippen LogP contribution in [0.25, 0.3) is 0 Å². The Morgan fingerprint density at radius 3 is 2.78 bits per heavy atom. The molecule has 0 saturated heterocycles. The van der Waals surface area contributed by atoms with Gasteiger partial charge in [-0.25, -0.2) is 0 Å². The van der Waals surface area contributed by atoms with Crippen molar-refractivity contribution in [1.82, 2.24) is 10.2 Å². The molecule has 0 fully saturated rings. The zero-order valence-electron chi connectivity index (χ0n) is 12.9. The van der Waals surface area contributed by atoms with Crippen molar-refractivity contribution in [3.05, 3.63) is 64.2 Å². The largest absolute Gasteiger partial charge is 0.398 e. The summed E-state index contributed by atoms with van der Waals surface area (Å²) >= 11 is 11.5. The molecule has 0 bridgehead atoms. The second-order valence-corrected chi connectivity index (χ2v) is 6.59. The summed E-state index contributed by atoms with van der Waals surface area (Å²) in [6.45, 7) is 2.61. The average Bonchev–Trinajstić information content (AvgIpc) is 2.56. The van der Waals surface area contributed by atoms with Gasteiger partial charge in [0.15, 0.2) is 5.11 Å². The van der Waals surface area contributed by atoms with Crippen LogP contribution in [0.2, 0.25) is 5.02 Å². The molecule has 1 heterocycles. The quantitative estimate of drug-likeness (QED) is 0.661. The van der Waals surface area contributed by atoms with Crippen molar-refractivity contribution in [2.45, 2.75) is 19.4 Å². The predicted molar refractivity (Wildman–Crippen MR) is 101 cm³/mol. The van der Waals surface area contributed by atoms with Crippen LogP contribution in [0, 0.1) is 0 Å². The zero-order chi connectivity index (χ0) is 16.2. The first-order valence-corrected chi connectivity index (χ1v) is 8.55. The Labute approximate surface area is 147 Å². The Balaban J connectivity index is 1.52. The van der Waals surface area contributed by atoms with Gasteiger partial charge in [-0.15, -0.1) is 0 Å². The second-order valence-electron chi connectivity index (χ2n) is 5.77. The molecule has 1 aliphatic rings. The van der Waals surface area contributed by atoms with E-state index in [0.29, 0.717) is 5.02 Å². The van der Waals surface area contributed by atoms with Gasteiger partial charge in [-0.2, -0.15) is 0 Å². The number of nitrogens with zero attached hydrogens (tertiary/aromatic N) is 1. The van der Waals surface area contributed by atoms with Crippen molar-refractivity contribution in [3.8, 4) is 0 Å². The summed E-state index contributed by atoms with van der Waals surface area (Å²) in [5, 5.41) is 4.82. The average molecular weight is 346 g/mol. The number of thiocarbonyl (C=S) groups is 1. The van der Waals surface area contributed by atoms with Gasteiger partial charge in [0, 0.05) is 30.3 Å². The SMILES string of the molecule is Nc1cc(Cl)ccc1CCNC(=S)N1CCc2ccccc2C1. The summed E-state index contributed by atoms with van der Waals surface area (Å²) in [7, 11) is 0. The third kappa shape index (κ3) is 3.95. The summed E-state index contributed by atoms with van der Waals surface area (Å²) in [6.07, 6.45) is 1.87. The number of hydrogen-bond donors (Lipinski definition) is 2. The summed E-state index contributed by atoms with van der Waals surface area (Å²) in [6, 6.07) is 14.2. The minimum Gasteiger partial charge on any atom is -0.398 e. The smallest absolute Gasteiger partial charge is 0.169 e. The lowest BCUT2D eigenvalue weighted by atomic mass is 10.0. The molecular weight excluding hydrogens is 326 g/mol. The Hall–Kier alpha value is -1.78. The van der Waals surface area contributed by atoms with Crippen molar-refractivity contribution in [1.29, 1.82) is 0 Å². The number of rotatable bonds is 3. The molecule has 0 saturated carbocycles. The summed E-state index contributed by atoms with van der Waals surface area (Å²) in [5.41, 5.74) is 10.6. The molecule has 23 heavy (non-hydrogen) atoms. The molecule has 3 rings (SSSR count). The highest BCUT2D eigenvalue weighted by Crippen LogP contribution is 2.19. The van der Waals surface area contributed by atoms with E-state index in [2.05, 4.69) is 34.5 Å². The van der Waals surface area contributed by atoms with Crippen LogP contribution in [0.4, 0.5) is 5.69 Å². The molecule has 5 heteroatoms. The lowest BCUT2D eigenvalue weighted by molar-refractivity contribution is 0.387. The molecule has 0 aliphatic carbocycles. The van der Waals surface area contributed by atoms with Gasteiger partial charge in [-0.3, -0.25) is 0 Å². The molecule has 2 aromatic rings. The van der Waals surface area contributed by atoms with Crippen LogP contribution < -0.4 is 11.1 Å². The molecule has 0 amide bonds. The molecule has 3 N–H and O–H groups in total. The Morgan fingerprint density at radius 2 is 2.00 bits per heavy atom. The maximum Gasteiger partial charge on any atom is 0.169 e. The number of benzene rings is 2. The van der Waals surface area contributed by atoms with Crippen molar-refractivity contribution in [2.75, 3.05) is 18.8 Å². The minimum absolute atomic E-state index is 0.668. The standard InChI is InChI=1S/C18H20ClN3S/c19-16-6-5-14(17(20)11-16)7-9-21-18(23)22-10-8-13-3-1-2-4-15(13)12-22/h1-6,11H,7-10,12,20H2,(H,21,23). The van der Waals surface area contributed by atoms with Crippen LogP contribution in [0.1, 0.15) is 16.7 Å². The molecule has 120 valence electrons. The number of nitrogens with two attached hydrogens (primary N) is 1. The molecule has 0 spiro atoms. The fourth-order valence-corrected chi connectivity index (χ4v) is 3.32. The van der Waals surface area contributed by atoms with E-state index in [1.165, 1.54) is 11.1 Å². The number of anilines is 1. The highest BCUT2D eigenvalue weighted by molar-refractivity contribution is 7.80. The number of nitrogens with one attached hydrogen (secondary N) is 1. The first-order chi connectivity index (χ1) is 11.1. The van der Waals surface area contributed by atoms with Gasteiger partial charge < -0.3 is 16.0 Å². The van der Waals surface area contributed by atoms with E-state index < -0.39 is 0 Å². The lowest BCUT2D eigenvalue weighted by Gasteiger charge is -2.31. The molecule has 3 nitrogen and oxygen atoms in total. The van der Waals surface area contributed by atoms with Gasteiger partial charge >= 0.3 is 0 Å². The van der Waals surface area contributed by atoms with Gasteiger partial charge in [-0.05, 0) is 53.9 Å². The topological polar surface area (TPSA) is 41.3 Å². The van der Waals surface area contributed by atoms with Crippen molar-refractivity contribution >= 4 is 34.6 Å². The summed E-state index contributed by atoms with van der Waals surface area (Å²) in [5.74, 6) is 0. The van der Waals surface area contributed by atoms with E-state index in [1.54, 1.807) is 6.07 Å². The zero-order valence-corrected chi connectivity index (χ0v) is 14.5. The van der Waals surface area contributed by atoms with Gasteiger partial charge in [0.05, 0.1) is 0 Å². The van der Waals surface area contributed by atoms with E-state index >= 15 is 0 Å². The second kappa shape index (κ2) is 7.20. The van der Waals surface area contributed by atoms with Gasteiger partial charge in [0.25, 0.3) is 0 Å². The third-order valence-corrected chi connectivity index (χ3v) is 4.83. The summed E-state index contributed by atoms with van der Waals surface area (Å²) < 4.78 is 0. The van der Waals surface area contributed by atoms with Gasteiger partial charge in [-0.1, -0.05) is 41.9 Å². The van der Waals surface area contributed by atoms with Crippen LogP contribution in [0.15, 0.2) is 42.5 Å². The van der Waals surface area contributed by atoms with Crippen LogP contribution in [-0.2, 0) is 19.4 Å². The number of fused-ring (bicyclic) bond motifs is 1. The van der Waals surface area contributed by atoms with Gasteiger partial charge in [0.1, 0.15) is 0 Å². The first-order valence-electron chi connectivity index (χ1n) is 7.77. The number of nitrogen functional groups attached to an aromatic ring is 1. The normalized spacial score (nSPS) is 13.5. The molecule has 0 aromatic heterocycles. The minimum atomic E-state index is 0.668. The molecule has 2 aromatic carbocycles. The van der Waals surface area contributed by atoms with Crippen LogP contribution in [0.3, 0.4) is 0 Å². The van der Waals surface area contributed by atoms with Crippen molar-refractivity contribution in [3.63, 3.8) is 0 Å². The van der Waals surface area contributed by atoms with Crippen molar-refractivity contribution in [2.24, 2.45) is 0 Å². The first kappa shape index (κ1) is 16.1. The Morgan fingerprint density at radius 1 is 1.22 bits per heavy atom. The van der Waals surface area contributed by atoms with Crippen LogP contribution in [-0.4, -0.2) is 23.1 Å². The third-order valence-electron chi connectivity index (χ3n) is 4.20. The monoisotopic (exact) mass is 345 g/mol. The fourth-order valence-electron chi connectivity index (χ4n) is 2.88. The number of hydrogen-bond acceptors (Lipinski definition) is 2. The summed E-state index contributed by atoms with van der Waals surface area (Å²) in [4.78, 5) is 2.23. The fraction of sp³-hybridized carbons (Fsp3) is 0.278.